The topological polar surface area (TPSA) is 183 Å². The van der Waals surface area contributed by atoms with Crippen molar-refractivity contribution in [1.29, 1.82) is 0 Å². The van der Waals surface area contributed by atoms with Crippen LogP contribution >= 0.6 is 0 Å². The molecule has 3 aliphatic carbocycles. The summed E-state index contributed by atoms with van der Waals surface area (Å²) in [6.07, 6.45) is 8.66. The van der Waals surface area contributed by atoms with Gasteiger partial charge in [-0.15, -0.1) is 0 Å². The second-order valence-corrected chi connectivity index (χ2v) is 23.5. The van der Waals surface area contributed by atoms with Crippen molar-refractivity contribution < 1.29 is 0 Å². The highest BCUT2D eigenvalue weighted by atomic mass is 15.3. The first kappa shape index (κ1) is 49.9. The third-order valence-electron chi connectivity index (χ3n) is 18.0. The molecule has 0 bridgehead atoms. The van der Waals surface area contributed by atoms with Crippen LogP contribution in [0.3, 0.4) is 0 Å². The average molecular weight is 1110 g/mol. The highest BCUT2D eigenvalue weighted by molar-refractivity contribution is 6.06. The van der Waals surface area contributed by atoms with Gasteiger partial charge in [-0.05, 0) is 95.2 Å². The summed E-state index contributed by atoms with van der Waals surface area (Å²) in [4.78, 5) is 42.8. The molecule has 6 atom stereocenters. The number of rotatable bonds is 6. The minimum Gasteiger partial charge on any atom is -0.331 e. The monoisotopic (exact) mass is 1100 g/mol. The molecule has 9 aromatic heterocycles. The molecule has 3 fully saturated rings. The lowest BCUT2D eigenvalue weighted by Crippen LogP contribution is -1.98. The molecule has 18 nitrogen and oxygen atoms in total. The van der Waals surface area contributed by atoms with Crippen LogP contribution in [0.15, 0.2) is 128 Å². The maximum atomic E-state index is 5.06. The smallest absolute Gasteiger partial charge is 0.177 e. The lowest BCUT2D eigenvalue weighted by Gasteiger charge is -2.01. The fourth-order valence-corrected chi connectivity index (χ4v) is 12.9. The SMILES string of the molecule is Cc1ncc(C)n2nc(C3CC3c3nc4c5ccccc5ccc4n3C)nc12.Cc1ncc(C)n2nc([C@@H]3C[C@H]3c3nc4c5ccccc5ccc4n3C)nc12.Cc1ncc(C)n2nc([C@H]3C[C@@H]3c3nc4c5ccccc5ccc4n3C)nc12. The average Bonchev–Trinajstić information content (AvgIpc) is 2.95. The van der Waals surface area contributed by atoms with E-state index in [1.165, 1.54) is 48.9 Å². The van der Waals surface area contributed by atoms with Gasteiger partial charge >= 0.3 is 0 Å². The van der Waals surface area contributed by atoms with Crippen LogP contribution in [0.1, 0.15) is 124 Å². The van der Waals surface area contributed by atoms with Crippen molar-refractivity contribution in [3.63, 3.8) is 0 Å². The van der Waals surface area contributed by atoms with Gasteiger partial charge in [-0.25, -0.2) is 43.5 Å². The molecule has 0 amide bonds. The Hall–Kier alpha value is -9.84. The van der Waals surface area contributed by atoms with Gasteiger partial charge in [0.05, 0.1) is 67.3 Å². The summed E-state index contributed by atoms with van der Waals surface area (Å²) in [5, 5.41) is 21.6. The molecule has 18 rings (SSSR count). The minimum absolute atomic E-state index is 0.320. The molecule has 414 valence electrons. The zero-order chi connectivity index (χ0) is 57.0. The number of hydrogen-bond donors (Lipinski definition) is 0. The number of benzene rings is 6. The zero-order valence-corrected chi connectivity index (χ0v) is 48.3. The van der Waals surface area contributed by atoms with Crippen molar-refractivity contribution >= 4 is 82.4 Å². The predicted molar refractivity (Wildman–Crippen MR) is 326 cm³/mol. The Morgan fingerprint density at radius 2 is 0.619 bits per heavy atom. The zero-order valence-electron chi connectivity index (χ0n) is 48.3. The number of aromatic nitrogens is 18. The molecule has 3 saturated carbocycles. The summed E-state index contributed by atoms with van der Waals surface area (Å²) in [5.74, 6) is 8.14. The summed E-state index contributed by atoms with van der Waals surface area (Å²) in [5.41, 5.74) is 15.1. The predicted octanol–water partition coefficient (Wildman–Crippen LogP) is 12.2. The van der Waals surface area contributed by atoms with Gasteiger partial charge in [0, 0.05) is 91.4 Å². The molecular formula is C66H60N18. The molecule has 3 aliphatic rings. The van der Waals surface area contributed by atoms with Crippen molar-refractivity contribution in [3.05, 3.63) is 197 Å². The fourth-order valence-electron chi connectivity index (χ4n) is 12.9. The van der Waals surface area contributed by atoms with E-state index in [1.54, 1.807) is 0 Å². The van der Waals surface area contributed by atoms with Gasteiger partial charge in [-0.3, -0.25) is 15.0 Å². The molecule has 6 aromatic carbocycles. The van der Waals surface area contributed by atoms with Crippen molar-refractivity contribution in [2.24, 2.45) is 21.1 Å². The Labute approximate surface area is 482 Å². The summed E-state index contributed by atoms with van der Waals surface area (Å²) in [7, 11) is 6.35. The Bertz CT molecular complexity index is 4570. The second kappa shape index (κ2) is 18.6. The van der Waals surface area contributed by atoms with Crippen LogP contribution in [0.25, 0.3) is 82.4 Å². The first-order valence-corrected chi connectivity index (χ1v) is 28.9. The summed E-state index contributed by atoms with van der Waals surface area (Å²) < 4.78 is 12.4. The molecule has 9 heterocycles. The van der Waals surface area contributed by atoms with Crippen LogP contribution in [0.4, 0.5) is 0 Å². The van der Waals surface area contributed by atoms with Gasteiger partial charge in [0.2, 0.25) is 0 Å². The molecule has 84 heavy (non-hydrogen) atoms. The number of hydrogen-bond acceptors (Lipinski definition) is 12. The van der Waals surface area contributed by atoms with E-state index >= 15 is 0 Å². The van der Waals surface area contributed by atoms with E-state index < -0.39 is 0 Å². The normalized spacial score (nSPS) is 19.1. The minimum atomic E-state index is 0.320. The molecule has 0 aliphatic heterocycles. The maximum absolute atomic E-state index is 5.06. The standard InChI is InChI=1S/3C22H20N6/c3*1-12-11-23-13(2)21-25-20(26-28(12)21)16-10-17(16)22-24-19-15-7-5-4-6-14(15)8-9-18(19)27(22)3/h3*4-9,11,16-17H,10H2,1-3H3/t2*16-,17-;/m10./s1. The number of fused-ring (bicyclic) bond motifs is 12. The van der Waals surface area contributed by atoms with E-state index in [4.69, 9.17) is 45.2 Å². The Kier molecular flexibility index (Phi) is 11.0. The van der Waals surface area contributed by atoms with Crippen LogP contribution in [-0.2, 0) is 21.1 Å². The first-order chi connectivity index (χ1) is 40.8. The molecule has 15 aromatic rings. The third kappa shape index (κ3) is 7.89. The summed E-state index contributed by atoms with van der Waals surface area (Å²) in [6.45, 7) is 12.0. The Morgan fingerprint density at radius 1 is 0.333 bits per heavy atom. The quantitative estimate of drug-likeness (QED) is 0.154. The molecule has 2 unspecified atom stereocenters. The van der Waals surface area contributed by atoms with Crippen molar-refractivity contribution in [2.75, 3.05) is 0 Å². The van der Waals surface area contributed by atoms with E-state index in [1.807, 2.05) is 73.7 Å². The van der Waals surface area contributed by atoms with Crippen molar-refractivity contribution in [3.8, 4) is 0 Å². The molecule has 0 spiro atoms. The first-order valence-electron chi connectivity index (χ1n) is 28.9. The largest absolute Gasteiger partial charge is 0.331 e. The third-order valence-corrected chi connectivity index (χ3v) is 18.0. The van der Waals surface area contributed by atoms with Gasteiger partial charge in [0.25, 0.3) is 0 Å². The van der Waals surface area contributed by atoms with Gasteiger partial charge in [-0.2, -0.15) is 15.3 Å². The van der Waals surface area contributed by atoms with Crippen LogP contribution in [-0.4, -0.2) is 87.4 Å². The number of aryl methyl sites for hydroxylation is 9. The van der Waals surface area contributed by atoms with Gasteiger partial charge < -0.3 is 13.7 Å². The van der Waals surface area contributed by atoms with Crippen LogP contribution in [0.5, 0.6) is 0 Å². The molecule has 0 saturated heterocycles. The van der Waals surface area contributed by atoms with Crippen molar-refractivity contribution in [1.82, 2.24) is 87.4 Å². The highest BCUT2D eigenvalue weighted by Crippen LogP contribution is 2.56. The Balaban J connectivity index is 0.000000103. The van der Waals surface area contributed by atoms with Crippen LogP contribution < -0.4 is 0 Å². The van der Waals surface area contributed by atoms with E-state index in [0.717, 1.165) is 122 Å². The highest BCUT2D eigenvalue weighted by Gasteiger charge is 2.48. The number of imidazole rings is 3. The van der Waals surface area contributed by atoms with E-state index in [9.17, 15) is 0 Å². The van der Waals surface area contributed by atoms with Gasteiger partial charge in [0.15, 0.2) is 34.4 Å². The van der Waals surface area contributed by atoms with E-state index in [2.05, 4.69) is 159 Å². The Morgan fingerprint density at radius 3 is 0.905 bits per heavy atom. The van der Waals surface area contributed by atoms with Crippen LogP contribution in [0.2, 0.25) is 0 Å². The van der Waals surface area contributed by atoms with E-state index in [0.29, 0.717) is 35.5 Å². The maximum Gasteiger partial charge on any atom is 0.177 e. The van der Waals surface area contributed by atoms with Gasteiger partial charge in [-0.1, -0.05) is 91.0 Å². The second-order valence-electron chi connectivity index (χ2n) is 23.5. The molecule has 0 radical (unpaired) electrons. The van der Waals surface area contributed by atoms with Crippen LogP contribution in [0, 0.1) is 41.5 Å². The molecule has 18 heteroatoms. The lowest BCUT2D eigenvalue weighted by atomic mass is 10.1. The summed E-state index contributed by atoms with van der Waals surface area (Å²) >= 11 is 0. The molecular weight excluding hydrogens is 1040 g/mol. The van der Waals surface area contributed by atoms with E-state index in [-0.39, 0.29) is 0 Å². The fraction of sp³-hybridized carbons (Fsp3) is 0.273. The van der Waals surface area contributed by atoms with Crippen molar-refractivity contribution in [2.45, 2.75) is 96.3 Å². The molecule has 0 N–H and O–H groups in total. The lowest BCUT2D eigenvalue weighted by molar-refractivity contribution is 0.780. The number of nitrogens with zero attached hydrogens (tertiary/aromatic N) is 18. The summed E-state index contributed by atoms with van der Waals surface area (Å²) in [6, 6.07) is 38.4. The van der Waals surface area contributed by atoms with Gasteiger partial charge in [0.1, 0.15) is 17.5 Å².